The van der Waals surface area contributed by atoms with Gasteiger partial charge in [0.05, 0.1) is 29.0 Å². The Morgan fingerprint density at radius 2 is 1.44 bits per heavy atom. The number of halogens is 4. The highest BCUT2D eigenvalue weighted by Gasteiger charge is 2.67. The van der Waals surface area contributed by atoms with E-state index in [1.165, 1.54) is 5.01 Å². The van der Waals surface area contributed by atoms with E-state index in [0.717, 1.165) is 11.4 Å². The van der Waals surface area contributed by atoms with Crippen LogP contribution >= 0.6 is 55.1 Å². The predicted molar refractivity (Wildman–Crippen MR) is 129 cm³/mol. The minimum atomic E-state index is -0.518. The monoisotopic (exact) mass is 598 g/mol. The first-order chi connectivity index (χ1) is 15.3. The molecule has 2 aromatic carbocycles. The molecule has 6 atom stereocenters. The van der Waals surface area contributed by atoms with Gasteiger partial charge in [-0.2, -0.15) is 5.01 Å². The second-order valence-electron chi connectivity index (χ2n) is 8.43. The fourth-order valence-corrected chi connectivity index (χ4v) is 7.65. The second kappa shape index (κ2) is 8.42. The highest BCUT2D eigenvalue weighted by atomic mass is 79.9. The summed E-state index contributed by atoms with van der Waals surface area (Å²) < 4.78 is 0. The van der Waals surface area contributed by atoms with Crippen LogP contribution in [0.4, 0.5) is 0 Å². The minimum Gasteiger partial charge on any atom is -0.272 e. The van der Waals surface area contributed by atoms with Crippen molar-refractivity contribution < 1.29 is 14.4 Å². The first-order valence-electron chi connectivity index (χ1n) is 10.3. The maximum Gasteiger partial charge on any atom is 0.274 e. The highest BCUT2D eigenvalue weighted by molar-refractivity contribution is 9.12. The van der Waals surface area contributed by atoms with Gasteiger partial charge in [-0.25, -0.2) is 5.01 Å². The molecule has 0 aromatic heterocycles. The highest BCUT2D eigenvalue weighted by Crippen LogP contribution is 2.60. The fourth-order valence-electron chi connectivity index (χ4n) is 5.37. The SMILES string of the molecule is O=C(c1ccccc1Cl)N(Cc1ccccc1Cl)N1C(=O)[C@@H]2[C@H]3C[C@@H]([C@@H](Br)[C@H]3Br)[C@H]2C1=O. The number of nitrogens with zero attached hydrogens (tertiary/aromatic N) is 2. The van der Waals surface area contributed by atoms with E-state index in [2.05, 4.69) is 31.9 Å². The van der Waals surface area contributed by atoms with Crippen LogP contribution in [0.3, 0.4) is 0 Å². The van der Waals surface area contributed by atoms with E-state index in [1.54, 1.807) is 48.5 Å². The van der Waals surface area contributed by atoms with E-state index in [4.69, 9.17) is 23.2 Å². The summed E-state index contributed by atoms with van der Waals surface area (Å²) in [6.45, 7) is -0.0224. The molecule has 2 aliphatic carbocycles. The van der Waals surface area contributed by atoms with Gasteiger partial charge in [0.2, 0.25) is 0 Å². The van der Waals surface area contributed by atoms with Gasteiger partial charge in [0, 0.05) is 14.7 Å². The number of carbonyl (C=O) groups is 3. The Bertz CT molecular complexity index is 1100. The molecule has 32 heavy (non-hydrogen) atoms. The number of hydrazine groups is 1. The minimum absolute atomic E-state index is 0.0224. The lowest BCUT2D eigenvalue weighted by atomic mass is 9.81. The number of imide groups is 1. The van der Waals surface area contributed by atoms with E-state index in [1.807, 2.05) is 0 Å². The third-order valence-electron chi connectivity index (χ3n) is 6.82. The summed E-state index contributed by atoms with van der Waals surface area (Å²) in [6, 6.07) is 13.7. The second-order valence-corrected chi connectivity index (χ2v) is 11.4. The van der Waals surface area contributed by atoms with Gasteiger partial charge in [0.1, 0.15) is 0 Å². The average Bonchev–Trinajstić information content (AvgIpc) is 3.38. The molecule has 2 saturated carbocycles. The molecule has 3 fully saturated rings. The van der Waals surface area contributed by atoms with E-state index >= 15 is 0 Å². The maximum atomic E-state index is 13.6. The van der Waals surface area contributed by atoms with Gasteiger partial charge < -0.3 is 0 Å². The Morgan fingerprint density at radius 1 is 0.906 bits per heavy atom. The standard InChI is InChI=1S/C23H18Br2Cl2N2O3/c24-19-13-9-14(20(19)25)18-17(13)22(31)29(23(18)32)28(10-11-5-1-3-7-15(11)26)21(30)12-6-2-4-8-16(12)27/h1-8,13-14,17-20H,9-10H2/t13-,14-,17-,18-,19-,20+/m1/s1. The zero-order valence-electron chi connectivity index (χ0n) is 16.6. The molecule has 2 bridgehead atoms. The lowest BCUT2D eigenvalue weighted by Crippen LogP contribution is -2.50. The number of carbonyl (C=O) groups excluding carboxylic acids is 3. The van der Waals surface area contributed by atoms with Crippen molar-refractivity contribution in [3.63, 3.8) is 0 Å². The van der Waals surface area contributed by atoms with E-state index in [9.17, 15) is 14.4 Å². The van der Waals surface area contributed by atoms with Gasteiger partial charge in [-0.3, -0.25) is 14.4 Å². The van der Waals surface area contributed by atoms with Crippen molar-refractivity contribution in [3.05, 3.63) is 69.7 Å². The third-order valence-corrected chi connectivity index (χ3v) is 10.7. The number of hydrogen-bond acceptors (Lipinski definition) is 3. The summed E-state index contributed by atoms with van der Waals surface area (Å²) in [5.41, 5.74) is 0.852. The van der Waals surface area contributed by atoms with Crippen LogP contribution in [-0.4, -0.2) is 37.4 Å². The van der Waals surface area contributed by atoms with Crippen LogP contribution < -0.4 is 0 Å². The number of alkyl halides is 2. The Hall–Kier alpha value is -1.41. The molecule has 3 aliphatic rings. The maximum absolute atomic E-state index is 13.6. The van der Waals surface area contributed by atoms with Gasteiger partial charge in [0.25, 0.3) is 17.7 Å². The lowest BCUT2D eigenvalue weighted by molar-refractivity contribution is -0.156. The molecule has 9 heteroatoms. The number of fused-ring (bicyclic) bond motifs is 5. The molecule has 0 spiro atoms. The van der Waals surface area contributed by atoms with Crippen LogP contribution in [0, 0.1) is 23.7 Å². The average molecular weight is 601 g/mol. The number of amides is 3. The molecular weight excluding hydrogens is 583 g/mol. The van der Waals surface area contributed by atoms with Crippen molar-refractivity contribution in [3.8, 4) is 0 Å². The smallest absolute Gasteiger partial charge is 0.272 e. The van der Waals surface area contributed by atoms with Crippen LogP contribution in [0.2, 0.25) is 10.0 Å². The topological polar surface area (TPSA) is 57.7 Å². The summed E-state index contributed by atoms with van der Waals surface area (Å²) in [6.07, 6.45) is 0.815. The van der Waals surface area contributed by atoms with Crippen molar-refractivity contribution >= 4 is 72.8 Å². The van der Waals surface area contributed by atoms with Gasteiger partial charge in [0.15, 0.2) is 0 Å². The zero-order chi connectivity index (χ0) is 22.7. The van der Waals surface area contributed by atoms with E-state index in [0.29, 0.717) is 10.6 Å². The summed E-state index contributed by atoms with van der Waals surface area (Å²) in [4.78, 5) is 41.0. The number of benzene rings is 2. The molecule has 1 aliphatic heterocycles. The molecule has 5 nitrogen and oxygen atoms in total. The third kappa shape index (κ3) is 3.35. The van der Waals surface area contributed by atoms with E-state index in [-0.39, 0.29) is 50.4 Å². The Balaban J connectivity index is 1.56. The van der Waals surface area contributed by atoms with E-state index < -0.39 is 17.7 Å². The van der Waals surface area contributed by atoms with Crippen LogP contribution in [0.1, 0.15) is 22.3 Å². The van der Waals surface area contributed by atoms with Crippen LogP contribution in [0.25, 0.3) is 0 Å². The lowest BCUT2D eigenvalue weighted by Gasteiger charge is -2.32. The number of rotatable bonds is 4. The molecular formula is C23H18Br2Cl2N2O3. The first kappa shape index (κ1) is 22.4. The largest absolute Gasteiger partial charge is 0.274 e. The molecule has 3 amide bonds. The van der Waals surface area contributed by atoms with Crippen LogP contribution in [-0.2, 0) is 16.1 Å². The van der Waals surface area contributed by atoms with Crippen LogP contribution in [0.5, 0.6) is 0 Å². The molecule has 166 valence electrons. The summed E-state index contributed by atoms with van der Waals surface area (Å²) in [5, 5.41) is 2.96. The predicted octanol–water partition coefficient (Wildman–Crippen LogP) is 5.33. The Labute approximate surface area is 212 Å². The number of hydrogen-bond donors (Lipinski definition) is 0. The van der Waals surface area contributed by atoms with Gasteiger partial charge in [-0.15, -0.1) is 0 Å². The molecule has 0 unspecified atom stereocenters. The normalized spacial score (nSPS) is 30.7. The zero-order valence-corrected chi connectivity index (χ0v) is 21.3. The first-order valence-corrected chi connectivity index (χ1v) is 12.9. The molecule has 2 aromatic rings. The van der Waals surface area contributed by atoms with Crippen molar-refractivity contribution in [1.82, 2.24) is 10.0 Å². The molecule has 1 saturated heterocycles. The van der Waals surface area contributed by atoms with Crippen molar-refractivity contribution in [1.29, 1.82) is 0 Å². The van der Waals surface area contributed by atoms with Gasteiger partial charge in [-0.1, -0.05) is 85.4 Å². The molecule has 1 heterocycles. The summed E-state index contributed by atoms with van der Waals surface area (Å²) in [5.74, 6) is -1.94. The van der Waals surface area contributed by atoms with Crippen molar-refractivity contribution in [2.24, 2.45) is 23.7 Å². The van der Waals surface area contributed by atoms with Crippen molar-refractivity contribution in [2.75, 3.05) is 0 Å². The van der Waals surface area contributed by atoms with Crippen LogP contribution in [0.15, 0.2) is 48.5 Å². The van der Waals surface area contributed by atoms with Gasteiger partial charge in [-0.05, 0) is 42.0 Å². The van der Waals surface area contributed by atoms with Crippen molar-refractivity contribution in [2.45, 2.75) is 22.6 Å². The molecule has 5 rings (SSSR count). The Kier molecular flexibility index (Phi) is 5.89. The van der Waals surface area contributed by atoms with Gasteiger partial charge >= 0.3 is 0 Å². The summed E-state index contributed by atoms with van der Waals surface area (Å²) in [7, 11) is 0. The summed E-state index contributed by atoms with van der Waals surface area (Å²) >= 11 is 20.0. The quantitative estimate of drug-likeness (QED) is 0.352. The molecule has 0 N–H and O–H groups in total. The molecule has 0 radical (unpaired) electrons. The Morgan fingerprint density at radius 3 is 2.00 bits per heavy atom. The fraction of sp³-hybridized carbons (Fsp3) is 0.348.